The largest absolute Gasteiger partial charge is 0.329 e. The van der Waals surface area contributed by atoms with Crippen molar-refractivity contribution in [3.8, 4) is 0 Å². The monoisotopic (exact) mass is 324 g/mol. The molecule has 0 atom stereocenters. The van der Waals surface area contributed by atoms with E-state index in [2.05, 4.69) is 22.0 Å². The standard InChI is InChI=1S/C15H21BrN2O/c1-3-15(4-2,10-17)14(19)18-8-7-11-9-12(16)5-6-13(11)18/h5-6,9H,3-4,7-8,10,17H2,1-2H3. The van der Waals surface area contributed by atoms with Gasteiger partial charge in [0.05, 0.1) is 5.41 Å². The first-order valence-electron chi connectivity index (χ1n) is 6.88. The number of nitrogens with two attached hydrogens (primary N) is 1. The number of fused-ring (bicyclic) bond motifs is 1. The van der Waals surface area contributed by atoms with Gasteiger partial charge in [0.25, 0.3) is 0 Å². The summed E-state index contributed by atoms with van der Waals surface area (Å²) >= 11 is 3.48. The van der Waals surface area contributed by atoms with Gasteiger partial charge in [0.15, 0.2) is 0 Å². The molecule has 2 N–H and O–H groups in total. The molecule has 0 radical (unpaired) electrons. The zero-order chi connectivity index (χ0) is 14.0. The van der Waals surface area contributed by atoms with Crippen LogP contribution in [-0.2, 0) is 11.2 Å². The average Bonchev–Trinajstić information content (AvgIpc) is 2.83. The highest BCUT2D eigenvalue weighted by molar-refractivity contribution is 9.10. The predicted molar refractivity (Wildman–Crippen MR) is 82.3 cm³/mol. The van der Waals surface area contributed by atoms with E-state index in [4.69, 9.17) is 5.73 Å². The second kappa shape index (κ2) is 5.63. The number of nitrogens with zero attached hydrogens (tertiary/aromatic N) is 1. The summed E-state index contributed by atoms with van der Waals surface area (Å²) in [4.78, 5) is 14.8. The summed E-state index contributed by atoms with van der Waals surface area (Å²) in [5.74, 6) is 0.182. The van der Waals surface area contributed by atoms with Gasteiger partial charge in [-0.1, -0.05) is 29.8 Å². The molecule has 1 aliphatic rings. The van der Waals surface area contributed by atoms with E-state index >= 15 is 0 Å². The molecule has 1 aliphatic heterocycles. The van der Waals surface area contributed by atoms with E-state index in [1.54, 1.807) is 0 Å². The maximum atomic E-state index is 12.8. The topological polar surface area (TPSA) is 46.3 Å². The van der Waals surface area contributed by atoms with Gasteiger partial charge in [-0.25, -0.2) is 0 Å². The molecule has 3 nitrogen and oxygen atoms in total. The molecular formula is C15H21BrN2O. The average molecular weight is 325 g/mol. The van der Waals surface area contributed by atoms with Crippen LogP contribution in [0.3, 0.4) is 0 Å². The van der Waals surface area contributed by atoms with Gasteiger partial charge in [0, 0.05) is 23.2 Å². The van der Waals surface area contributed by atoms with Crippen molar-refractivity contribution in [3.05, 3.63) is 28.2 Å². The molecular weight excluding hydrogens is 304 g/mol. The zero-order valence-electron chi connectivity index (χ0n) is 11.6. The molecule has 1 aromatic rings. The molecule has 0 aromatic heterocycles. The van der Waals surface area contributed by atoms with Gasteiger partial charge < -0.3 is 10.6 Å². The summed E-state index contributed by atoms with van der Waals surface area (Å²) in [6.07, 6.45) is 2.51. The first-order chi connectivity index (χ1) is 9.07. The Morgan fingerprint density at radius 2 is 2.11 bits per heavy atom. The Hall–Kier alpha value is -0.870. The van der Waals surface area contributed by atoms with Crippen LogP contribution in [0.5, 0.6) is 0 Å². The van der Waals surface area contributed by atoms with Gasteiger partial charge in [-0.15, -0.1) is 0 Å². The molecule has 0 saturated carbocycles. The molecule has 0 bridgehead atoms. The molecule has 1 aromatic carbocycles. The third kappa shape index (κ3) is 2.43. The number of hydrogen-bond donors (Lipinski definition) is 1. The van der Waals surface area contributed by atoms with Crippen molar-refractivity contribution < 1.29 is 4.79 Å². The van der Waals surface area contributed by atoms with Crippen molar-refractivity contribution in [1.29, 1.82) is 0 Å². The summed E-state index contributed by atoms with van der Waals surface area (Å²) in [7, 11) is 0. The van der Waals surface area contributed by atoms with Gasteiger partial charge in [0.2, 0.25) is 5.91 Å². The second-order valence-corrected chi connectivity index (χ2v) is 6.09. The smallest absolute Gasteiger partial charge is 0.234 e. The molecule has 104 valence electrons. The van der Waals surface area contributed by atoms with Crippen molar-refractivity contribution in [2.75, 3.05) is 18.0 Å². The highest BCUT2D eigenvalue weighted by atomic mass is 79.9. The van der Waals surface area contributed by atoms with Crippen LogP contribution in [0.2, 0.25) is 0 Å². The molecule has 2 rings (SSSR count). The van der Waals surface area contributed by atoms with E-state index in [9.17, 15) is 4.79 Å². The minimum atomic E-state index is -0.408. The van der Waals surface area contributed by atoms with Gasteiger partial charge in [-0.2, -0.15) is 0 Å². The van der Waals surface area contributed by atoms with E-state index < -0.39 is 5.41 Å². The molecule has 19 heavy (non-hydrogen) atoms. The third-order valence-electron chi connectivity index (χ3n) is 4.38. The first kappa shape index (κ1) is 14.5. The van der Waals surface area contributed by atoms with Crippen LogP contribution in [0.15, 0.2) is 22.7 Å². The summed E-state index contributed by atoms with van der Waals surface area (Å²) < 4.78 is 1.07. The van der Waals surface area contributed by atoms with Crippen molar-refractivity contribution in [2.24, 2.45) is 11.1 Å². The van der Waals surface area contributed by atoms with Crippen LogP contribution in [0.1, 0.15) is 32.3 Å². The fourth-order valence-electron chi connectivity index (χ4n) is 2.80. The quantitative estimate of drug-likeness (QED) is 0.925. The number of benzene rings is 1. The van der Waals surface area contributed by atoms with Gasteiger partial charge >= 0.3 is 0 Å². The predicted octanol–water partition coefficient (Wildman–Crippen LogP) is 3.10. The molecule has 0 unspecified atom stereocenters. The highest BCUT2D eigenvalue weighted by Gasteiger charge is 2.39. The maximum absolute atomic E-state index is 12.8. The summed E-state index contributed by atoms with van der Waals surface area (Å²) in [6, 6.07) is 6.12. The minimum Gasteiger partial charge on any atom is -0.329 e. The Labute approximate surface area is 123 Å². The summed E-state index contributed by atoms with van der Waals surface area (Å²) in [5.41, 5.74) is 7.76. The molecule has 1 amide bonds. The number of rotatable bonds is 4. The molecule has 1 heterocycles. The lowest BCUT2D eigenvalue weighted by molar-refractivity contribution is -0.128. The lowest BCUT2D eigenvalue weighted by atomic mass is 9.81. The van der Waals surface area contributed by atoms with E-state index in [0.717, 1.165) is 36.0 Å². The Kier molecular flexibility index (Phi) is 4.31. The van der Waals surface area contributed by atoms with Crippen LogP contribution < -0.4 is 10.6 Å². The SMILES string of the molecule is CCC(CC)(CN)C(=O)N1CCc2cc(Br)ccc21. The Balaban J connectivity index is 2.33. The van der Waals surface area contributed by atoms with Crippen molar-refractivity contribution in [2.45, 2.75) is 33.1 Å². The van der Waals surface area contributed by atoms with Gasteiger partial charge in [0.1, 0.15) is 0 Å². The Morgan fingerprint density at radius 1 is 1.42 bits per heavy atom. The lowest BCUT2D eigenvalue weighted by Crippen LogP contribution is -2.47. The van der Waals surface area contributed by atoms with E-state index in [-0.39, 0.29) is 5.91 Å². The van der Waals surface area contributed by atoms with Crippen LogP contribution in [0.4, 0.5) is 5.69 Å². The van der Waals surface area contributed by atoms with E-state index in [1.807, 2.05) is 30.9 Å². The van der Waals surface area contributed by atoms with E-state index in [0.29, 0.717) is 6.54 Å². The van der Waals surface area contributed by atoms with Gasteiger partial charge in [-0.05, 0) is 43.0 Å². The number of halogens is 1. The fraction of sp³-hybridized carbons (Fsp3) is 0.533. The first-order valence-corrected chi connectivity index (χ1v) is 7.67. The number of hydrogen-bond acceptors (Lipinski definition) is 2. The number of carbonyl (C=O) groups excluding carboxylic acids is 1. The molecule has 0 saturated heterocycles. The van der Waals surface area contributed by atoms with Crippen molar-refractivity contribution >= 4 is 27.5 Å². The molecule has 0 aliphatic carbocycles. The fourth-order valence-corrected chi connectivity index (χ4v) is 3.20. The number of amides is 1. The van der Waals surface area contributed by atoms with Crippen molar-refractivity contribution in [3.63, 3.8) is 0 Å². The molecule has 0 fully saturated rings. The lowest BCUT2D eigenvalue weighted by Gasteiger charge is -2.33. The normalized spacial score (nSPS) is 14.6. The van der Waals surface area contributed by atoms with Crippen LogP contribution in [0, 0.1) is 5.41 Å². The van der Waals surface area contributed by atoms with Crippen molar-refractivity contribution in [1.82, 2.24) is 0 Å². The third-order valence-corrected chi connectivity index (χ3v) is 4.87. The van der Waals surface area contributed by atoms with Gasteiger partial charge in [-0.3, -0.25) is 4.79 Å². The van der Waals surface area contributed by atoms with Crippen LogP contribution >= 0.6 is 15.9 Å². The Morgan fingerprint density at radius 3 is 2.68 bits per heavy atom. The van der Waals surface area contributed by atoms with Crippen LogP contribution in [0.25, 0.3) is 0 Å². The van der Waals surface area contributed by atoms with Crippen LogP contribution in [-0.4, -0.2) is 19.0 Å². The second-order valence-electron chi connectivity index (χ2n) is 5.17. The number of anilines is 1. The zero-order valence-corrected chi connectivity index (χ0v) is 13.2. The molecule has 0 spiro atoms. The Bertz CT molecular complexity index is 475. The number of carbonyl (C=O) groups is 1. The summed E-state index contributed by atoms with van der Waals surface area (Å²) in [5, 5.41) is 0. The minimum absolute atomic E-state index is 0.182. The summed E-state index contributed by atoms with van der Waals surface area (Å²) in [6.45, 7) is 5.28. The highest BCUT2D eigenvalue weighted by Crippen LogP contribution is 2.36. The maximum Gasteiger partial charge on any atom is 0.234 e. The van der Waals surface area contributed by atoms with E-state index in [1.165, 1.54) is 5.56 Å². The molecule has 4 heteroatoms.